The lowest BCUT2D eigenvalue weighted by Crippen LogP contribution is -2.37. The van der Waals surface area contributed by atoms with Crippen LogP contribution in [0.1, 0.15) is 16.8 Å². The van der Waals surface area contributed by atoms with Crippen LogP contribution in [0.2, 0.25) is 0 Å². The molecule has 2 heterocycles. The van der Waals surface area contributed by atoms with Gasteiger partial charge in [-0.05, 0) is 23.9 Å². The third kappa shape index (κ3) is 2.63. The highest BCUT2D eigenvalue weighted by atomic mass is 32.2. The second-order valence-electron chi connectivity index (χ2n) is 5.38. The van der Waals surface area contributed by atoms with E-state index >= 15 is 0 Å². The first-order valence-electron chi connectivity index (χ1n) is 6.78. The van der Waals surface area contributed by atoms with Crippen molar-refractivity contribution in [2.45, 2.75) is 12.5 Å². The highest BCUT2D eigenvalue weighted by Crippen LogP contribution is 2.22. The molecule has 2 aromatic rings. The lowest BCUT2D eigenvalue weighted by atomic mass is 10.1. The predicted octanol–water partition coefficient (Wildman–Crippen LogP) is 1.49. The summed E-state index contributed by atoms with van der Waals surface area (Å²) in [6.45, 7) is 0. The molecular formula is C15H16N2O3S. The fraction of sp³-hybridized carbons (Fsp3) is 0.333. The number of amides is 1. The van der Waals surface area contributed by atoms with Crippen molar-refractivity contribution in [3.63, 3.8) is 0 Å². The van der Waals surface area contributed by atoms with E-state index in [1.807, 2.05) is 18.2 Å². The topological polar surface area (TPSA) is 67.3 Å². The quantitative estimate of drug-likeness (QED) is 0.843. The van der Waals surface area contributed by atoms with Crippen LogP contribution in [0.4, 0.5) is 0 Å². The van der Waals surface area contributed by atoms with Gasteiger partial charge in [-0.3, -0.25) is 9.78 Å². The van der Waals surface area contributed by atoms with Crippen LogP contribution in [0, 0.1) is 0 Å². The fourth-order valence-corrected chi connectivity index (χ4v) is 4.51. The zero-order valence-electron chi connectivity index (χ0n) is 11.7. The summed E-state index contributed by atoms with van der Waals surface area (Å²) in [7, 11) is -1.34. The van der Waals surface area contributed by atoms with Gasteiger partial charge in [0.05, 0.1) is 11.5 Å². The maximum Gasteiger partial charge on any atom is 0.254 e. The van der Waals surface area contributed by atoms with E-state index in [0.717, 1.165) is 10.8 Å². The number of aromatic nitrogens is 1. The van der Waals surface area contributed by atoms with E-state index in [4.69, 9.17) is 0 Å². The van der Waals surface area contributed by atoms with Gasteiger partial charge in [0.25, 0.3) is 5.91 Å². The van der Waals surface area contributed by atoms with Crippen molar-refractivity contribution < 1.29 is 13.2 Å². The van der Waals surface area contributed by atoms with Gasteiger partial charge < -0.3 is 4.90 Å². The Bertz CT molecular complexity index is 796. The Morgan fingerprint density at radius 3 is 2.86 bits per heavy atom. The monoisotopic (exact) mass is 304 g/mol. The smallest absolute Gasteiger partial charge is 0.254 e. The molecule has 0 radical (unpaired) electrons. The SMILES string of the molecule is CN(C(=O)c1cccc2ccncc12)C1CCS(=O)(=O)C1. The standard InChI is InChI=1S/C15H16N2O3S/c1-17(12-6-8-21(19,20)10-12)15(18)13-4-2-3-11-5-7-16-9-14(11)13/h2-5,7,9,12H,6,8,10H2,1H3. The van der Waals surface area contributed by atoms with Crippen molar-refractivity contribution >= 4 is 26.5 Å². The summed E-state index contributed by atoms with van der Waals surface area (Å²) in [5.74, 6) is 0.0562. The van der Waals surface area contributed by atoms with Crippen LogP contribution in [0.5, 0.6) is 0 Å². The zero-order valence-corrected chi connectivity index (χ0v) is 12.5. The van der Waals surface area contributed by atoms with Crippen LogP contribution in [0.25, 0.3) is 10.8 Å². The van der Waals surface area contributed by atoms with Crippen LogP contribution in [-0.4, -0.2) is 48.8 Å². The summed E-state index contributed by atoms with van der Waals surface area (Å²) in [4.78, 5) is 18.3. The Hall–Kier alpha value is -1.95. The number of carbonyl (C=O) groups excluding carboxylic acids is 1. The molecule has 21 heavy (non-hydrogen) atoms. The lowest BCUT2D eigenvalue weighted by Gasteiger charge is -2.24. The van der Waals surface area contributed by atoms with Crippen molar-refractivity contribution in [3.8, 4) is 0 Å². The number of carbonyl (C=O) groups is 1. The van der Waals surface area contributed by atoms with Crippen molar-refractivity contribution in [2.75, 3.05) is 18.6 Å². The number of pyridine rings is 1. The van der Waals surface area contributed by atoms with Gasteiger partial charge in [-0.25, -0.2) is 8.42 Å². The molecule has 1 aromatic carbocycles. The number of sulfone groups is 1. The van der Waals surface area contributed by atoms with Gasteiger partial charge in [0, 0.05) is 36.4 Å². The van der Waals surface area contributed by atoms with Gasteiger partial charge in [-0.1, -0.05) is 12.1 Å². The molecule has 1 aliphatic rings. The number of fused-ring (bicyclic) bond motifs is 1. The Balaban J connectivity index is 1.94. The fourth-order valence-electron chi connectivity index (χ4n) is 2.74. The van der Waals surface area contributed by atoms with Crippen molar-refractivity contribution in [2.24, 2.45) is 0 Å². The highest BCUT2D eigenvalue weighted by Gasteiger charge is 2.33. The predicted molar refractivity (Wildman–Crippen MR) is 80.9 cm³/mol. The Labute approximate surface area is 123 Å². The van der Waals surface area contributed by atoms with E-state index in [0.29, 0.717) is 12.0 Å². The molecule has 1 fully saturated rings. The zero-order chi connectivity index (χ0) is 15.0. The van der Waals surface area contributed by atoms with Gasteiger partial charge in [0.15, 0.2) is 9.84 Å². The third-order valence-corrected chi connectivity index (χ3v) is 5.74. The first-order valence-corrected chi connectivity index (χ1v) is 8.60. The van der Waals surface area contributed by atoms with Gasteiger partial charge >= 0.3 is 0 Å². The number of hydrogen-bond donors (Lipinski definition) is 0. The van der Waals surface area contributed by atoms with E-state index in [1.54, 1.807) is 30.4 Å². The van der Waals surface area contributed by atoms with Crippen molar-refractivity contribution in [1.82, 2.24) is 9.88 Å². The molecule has 1 unspecified atom stereocenters. The maximum absolute atomic E-state index is 12.7. The van der Waals surface area contributed by atoms with E-state index in [1.165, 1.54) is 0 Å². The number of nitrogens with zero attached hydrogens (tertiary/aromatic N) is 2. The Kier molecular flexibility index (Phi) is 3.41. The summed E-state index contributed by atoms with van der Waals surface area (Å²) in [6.07, 6.45) is 3.86. The lowest BCUT2D eigenvalue weighted by molar-refractivity contribution is 0.0749. The van der Waals surface area contributed by atoms with Crippen LogP contribution in [0.15, 0.2) is 36.7 Å². The molecule has 3 rings (SSSR count). The second-order valence-corrected chi connectivity index (χ2v) is 7.60. The summed E-state index contributed by atoms with van der Waals surface area (Å²) in [5.41, 5.74) is 0.562. The van der Waals surface area contributed by atoms with Gasteiger partial charge in [-0.2, -0.15) is 0 Å². The summed E-state index contributed by atoms with van der Waals surface area (Å²) < 4.78 is 23.1. The first-order chi connectivity index (χ1) is 9.98. The average molecular weight is 304 g/mol. The van der Waals surface area contributed by atoms with Gasteiger partial charge in [0.1, 0.15) is 0 Å². The summed E-state index contributed by atoms with van der Waals surface area (Å²) >= 11 is 0. The molecule has 0 spiro atoms. The van der Waals surface area contributed by atoms with Crippen LogP contribution < -0.4 is 0 Å². The molecule has 1 aliphatic heterocycles. The Morgan fingerprint density at radius 1 is 1.33 bits per heavy atom. The molecule has 1 atom stereocenters. The Morgan fingerprint density at radius 2 is 2.14 bits per heavy atom. The normalized spacial score (nSPS) is 20.5. The maximum atomic E-state index is 12.7. The van der Waals surface area contributed by atoms with E-state index in [2.05, 4.69) is 4.98 Å². The minimum Gasteiger partial charge on any atom is -0.338 e. The second kappa shape index (κ2) is 5.11. The molecule has 0 aliphatic carbocycles. The minimum absolute atomic E-state index is 0.0538. The summed E-state index contributed by atoms with van der Waals surface area (Å²) in [6, 6.07) is 7.12. The molecule has 5 nitrogen and oxygen atoms in total. The summed E-state index contributed by atoms with van der Waals surface area (Å²) in [5, 5.41) is 1.74. The number of hydrogen-bond acceptors (Lipinski definition) is 4. The van der Waals surface area contributed by atoms with Crippen LogP contribution in [0.3, 0.4) is 0 Å². The first kappa shape index (κ1) is 14.0. The molecule has 0 bridgehead atoms. The van der Waals surface area contributed by atoms with Crippen LogP contribution >= 0.6 is 0 Å². The van der Waals surface area contributed by atoms with E-state index < -0.39 is 9.84 Å². The molecule has 1 amide bonds. The minimum atomic E-state index is -3.00. The molecule has 110 valence electrons. The van der Waals surface area contributed by atoms with Gasteiger partial charge in [-0.15, -0.1) is 0 Å². The third-order valence-electron chi connectivity index (χ3n) is 3.99. The number of benzene rings is 1. The molecule has 0 N–H and O–H groups in total. The van der Waals surface area contributed by atoms with Crippen molar-refractivity contribution in [3.05, 3.63) is 42.2 Å². The molecule has 6 heteroatoms. The van der Waals surface area contributed by atoms with Gasteiger partial charge in [0.2, 0.25) is 0 Å². The van der Waals surface area contributed by atoms with Crippen LogP contribution in [-0.2, 0) is 9.84 Å². The highest BCUT2D eigenvalue weighted by molar-refractivity contribution is 7.91. The largest absolute Gasteiger partial charge is 0.338 e. The molecule has 1 saturated heterocycles. The molecular weight excluding hydrogens is 288 g/mol. The molecule has 1 aromatic heterocycles. The number of rotatable bonds is 2. The molecule has 0 saturated carbocycles. The van der Waals surface area contributed by atoms with E-state index in [-0.39, 0.29) is 23.5 Å². The van der Waals surface area contributed by atoms with E-state index in [9.17, 15) is 13.2 Å². The average Bonchev–Trinajstić information content (AvgIpc) is 2.85. The van der Waals surface area contributed by atoms with Crippen molar-refractivity contribution in [1.29, 1.82) is 0 Å².